The average Bonchev–Trinajstić information content (AvgIpc) is 3.20. The number of rotatable bonds is 6. The highest BCUT2D eigenvalue weighted by atomic mass is 16.5. The van der Waals surface area contributed by atoms with E-state index in [2.05, 4.69) is 10.6 Å². The van der Waals surface area contributed by atoms with Crippen molar-refractivity contribution >= 4 is 29.2 Å². The van der Waals surface area contributed by atoms with E-state index >= 15 is 0 Å². The third kappa shape index (κ3) is 5.64. The first-order valence-corrected chi connectivity index (χ1v) is 10.7. The molecule has 8 nitrogen and oxygen atoms in total. The highest BCUT2D eigenvalue weighted by Gasteiger charge is 2.40. The van der Waals surface area contributed by atoms with Crippen LogP contribution in [0, 0.1) is 6.92 Å². The van der Waals surface area contributed by atoms with E-state index < -0.39 is 6.04 Å². The molecule has 2 N–H and O–H groups in total. The molecule has 0 spiro atoms. The molecule has 0 aromatic heterocycles. The number of benzene rings is 2. The summed E-state index contributed by atoms with van der Waals surface area (Å²) < 4.78 is 5.70. The first kappa shape index (κ1) is 23.3. The van der Waals surface area contributed by atoms with Gasteiger partial charge in [-0.1, -0.05) is 17.7 Å². The van der Waals surface area contributed by atoms with Gasteiger partial charge in [-0.25, -0.2) is 4.79 Å². The Morgan fingerprint density at radius 3 is 2.19 bits per heavy atom. The van der Waals surface area contributed by atoms with Crippen LogP contribution in [0.25, 0.3) is 0 Å². The normalized spacial score (nSPS) is 17.7. The maximum atomic E-state index is 13.0. The summed E-state index contributed by atoms with van der Waals surface area (Å²) in [7, 11) is 3.37. The minimum Gasteiger partial charge on any atom is -0.377 e. The molecule has 1 fully saturated rings. The lowest BCUT2D eigenvalue weighted by molar-refractivity contribution is -0.119. The molecule has 2 atom stereocenters. The zero-order chi connectivity index (χ0) is 23.3. The Kier molecular flexibility index (Phi) is 7.48. The van der Waals surface area contributed by atoms with Crippen LogP contribution in [0.1, 0.15) is 29.3 Å². The third-order valence-electron chi connectivity index (χ3n) is 5.34. The third-order valence-corrected chi connectivity index (χ3v) is 5.34. The van der Waals surface area contributed by atoms with Gasteiger partial charge in [-0.3, -0.25) is 9.59 Å². The molecule has 170 valence electrons. The van der Waals surface area contributed by atoms with Crippen LogP contribution in [0.15, 0.2) is 48.5 Å². The van der Waals surface area contributed by atoms with Crippen LogP contribution in [0.3, 0.4) is 0 Å². The van der Waals surface area contributed by atoms with E-state index in [-0.39, 0.29) is 23.9 Å². The molecule has 0 saturated carbocycles. The second-order valence-corrected chi connectivity index (χ2v) is 8.04. The summed E-state index contributed by atoms with van der Waals surface area (Å²) in [5, 5.41) is 5.72. The summed E-state index contributed by atoms with van der Waals surface area (Å²) in [6.07, 6.45) is 0.206. The molecule has 0 aliphatic carbocycles. The first-order valence-electron chi connectivity index (χ1n) is 10.7. The molecule has 2 aromatic carbocycles. The summed E-state index contributed by atoms with van der Waals surface area (Å²) in [6, 6.07) is 13.2. The number of nitrogens with zero attached hydrogens (tertiary/aromatic N) is 2. The lowest BCUT2D eigenvalue weighted by Gasteiger charge is -2.24. The first-order chi connectivity index (χ1) is 15.3. The molecule has 1 aliphatic rings. The van der Waals surface area contributed by atoms with E-state index in [0.29, 0.717) is 36.5 Å². The second kappa shape index (κ2) is 10.3. The van der Waals surface area contributed by atoms with E-state index in [0.717, 1.165) is 5.56 Å². The van der Waals surface area contributed by atoms with Crippen molar-refractivity contribution in [3.05, 3.63) is 59.7 Å². The largest absolute Gasteiger partial charge is 0.377 e. The Bertz CT molecular complexity index is 957. The molecule has 8 heteroatoms. The van der Waals surface area contributed by atoms with Gasteiger partial charge in [0.2, 0.25) is 5.91 Å². The van der Waals surface area contributed by atoms with E-state index in [1.807, 2.05) is 38.1 Å². The van der Waals surface area contributed by atoms with Crippen LogP contribution in [-0.2, 0) is 9.53 Å². The quantitative estimate of drug-likeness (QED) is 0.724. The van der Waals surface area contributed by atoms with E-state index in [1.165, 1.54) is 9.80 Å². The van der Waals surface area contributed by atoms with Crippen LogP contribution in [-0.4, -0.2) is 67.0 Å². The summed E-state index contributed by atoms with van der Waals surface area (Å²) in [5.74, 6) is -0.407. The number of ether oxygens (including phenoxy) is 1. The summed E-state index contributed by atoms with van der Waals surface area (Å²) in [4.78, 5) is 41.0. The van der Waals surface area contributed by atoms with Gasteiger partial charge in [-0.2, -0.15) is 0 Å². The summed E-state index contributed by atoms with van der Waals surface area (Å²) in [6.45, 7) is 4.70. The molecule has 3 rings (SSSR count). The Morgan fingerprint density at radius 2 is 1.59 bits per heavy atom. The lowest BCUT2D eigenvalue weighted by atomic mass is 10.1. The zero-order valence-electron chi connectivity index (χ0n) is 18.9. The van der Waals surface area contributed by atoms with Crippen molar-refractivity contribution in [1.82, 2.24) is 9.80 Å². The van der Waals surface area contributed by atoms with E-state index in [4.69, 9.17) is 4.74 Å². The number of likely N-dealkylation sites (tertiary alicyclic amines) is 1. The summed E-state index contributed by atoms with van der Waals surface area (Å²) in [5.41, 5.74) is 2.85. The standard InChI is InChI=1S/C24H30N4O4/c1-5-32-20-14-21(28(15-20)24(31)26-19-10-6-16(2)7-11-19)22(29)25-18-12-8-17(9-13-18)23(30)27(3)4/h6-13,20-21H,5,14-15H2,1-4H3,(H,25,29)(H,26,31)/t20-,21-/m1/s1. The fourth-order valence-electron chi connectivity index (χ4n) is 3.64. The monoisotopic (exact) mass is 438 g/mol. The smallest absolute Gasteiger partial charge is 0.322 e. The minimum atomic E-state index is -0.667. The topological polar surface area (TPSA) is 91.0 Å². The van der Waals surface area contributed by atoms with Crippen LogP contribution in [0.4, 0.5) is 16.2 Å². The van der Waals surface area contributed by atoms with Gasteiger partial charge in [0.1, 0.15) is 6.04 Å². The minimum absolute atomic E-state index is 0.114. The predicted octanol–water partition coefficient (Wildman–Crippen LogP) is 3.35. The van der Waals surface area contributed by atoms with Gasteiger partial charge in [0, 0.05) is 50.6 Å². The molecule has 1 saturated heterocycles. The fraction of sp³-hybridized carbons (Fsp3) is 0.375. The second-order valence-electron chi connectivity index (χ2n) is 8.04. The Labute approximate surface area is 188 Å². The molecule has 32 heavy (non-hydrogen) atoms. The number of hydrogen-bond donors (Lipinski definition) is 2. The zero-order valence-corrected chi connectivity index (χ0v) is 18.9. The van der Waals surface area contributed by atoms with Crippen molar-refractivity contribution in [2.75, 3.05) is 37.9 Å². The molecular weight excluding hydrogens is 408 g/mol. The molecule has 2 aromatic rings. The summed E-state index contributed by atoms with van der Waals surface area (Å²) >= 11 is 0. The Balaban J connectivity index is 1.70. The predicted molar refractivity (Wildman–Crippen MR) is 124 cm³/mol. The number of carbonyl (C=O) groups is 3. The Hall–Kier alpha value is -3.39. The van der Waals surface area contributed by atoms with Crippen molar-refractivity contribution in [2.24, 2.45) is 0 Å². The van der Waals surface area contributed by atoms with Crippen LogP contribution < -0.4 is 10.6 Å². The van der Waals surface area contributed by atoms with Gasteiger partial charge in [-0.05, 0) is 50.2 Å². The molecule has 0 radical (unpaired) electrons. The van der Waals surface area contributed by atoms with Crippen molar-refractivity contribution in [3.8, 4) is 0 Å². The Morgan fingerprint density at radius 1 is 1.00 bits per heavy atom. The van der Waals surface area contributed by atoms with Gasteiger partial charge in [-0.15, -0.1) is 0 Å². The van der Waals surface area contributed by atoms with Crippen LogP contribution >= 0.6 is 0 Å². The lowest BCUT2D eigenvalue weighted by Crippen LogP contribution is -2.45. The van der Waals surface area contributed by atoms with Gasteiger partial charge < -0.3 is 25.2 Å². The van der Waals surface area contributed by atoms with Crippen molar-refractivity contribution in [3.63, 3.8) is 0 Å². The fourth-order valence-corrected chi connectivity index (χ4v) is 3.64. The number of aryl methyl sites for hydroxylation is 1. The van der Waals surface area contributed by atoms with Gasteiger partial charge in [0.25, 0.3) is 5.91 Å². The van der Waals surface area contributed by atoms with E-state index in [1.54, 1.807) is 38.4 Å². The van der Waals surface area contributed by atoms with Crippen LogP contribution in [0.5, 0.6) is 0 Å². The van der Waals surface area contributed by atoms with Crippen molar-refractivity contribution < 1.29 is 19.1 Å². The highest BCUT2D eigenvalue weighted by molar-refractivity contribution is 6.00. The number of amides is 4. The molecular formula is C24H30N4O4. The maximum Gasteiger partial charge on any atom is 0.322 e. The number of nitrogens with one attached hydrogen (secondary N) is 2. The maximum absolute atomic E-state index is 13.0. The van der Waals surface area contributed by atoms with Crippen LogP contribution in [0.2, 0.25) is 0 Å². The molecule has 0 unspecified atom stereocenters. The number of anilines is 2. The van der Waals surface area contributed by atoms with Gasteiger partial charge in [0.05, 0.1) is 6.10 Å². The molecule has 1 heterocycles. The van der Waals surface area contributed by atoms with Crippen molar-refractivity contribution in [2.45, 2.75) is 32.4 Å². The number of carbonyl (C=O) groups excluding carboxylic acids is 3. The molecule has 4 amide bonds. The molecule has 1 aliphatic heterocycles. The number of hydrogen-bond acceptors (Lipinski definition) is 4. The number of urea groups is 1. The average molecular weight is 439 g/mol. The highest BCUT2D eigenvalue weighted by Crippen LogP contribution is 2.24. The van der Waals surface area contributed by atoms with Gasteiger partial charge in [0.15, 0.2) is 0 Å². The van der Waals surface area contributed by atoms with Gasteiger partial charge >= 0.3 is 6.03 Å². The molecule has 0 bridgehead atoms. The van der Waals surface area contributed by atoms with Crippen molar-refractivity contribution in [1.29, 1.82) is 0 Å². The SMILES string of the molecule is CCO[C@@H]1C[C@H](C(=O)Nc2ccc(C(=O)N(C)C)cc2)N(C(=O)Nc2ccc(C)cc2)C1. The van der Waals surface area contributed by atoms with E-state index in [9.17, 15) is 14.4 Å².